The fourth-order valence-corrected chi connectivity index (χ4v) is 4.04. The topological polar surface area (TPSA) is 72.9 Å². The third-order valence-corrected chi connectivity index (χ3v) is 5.28. The van der Waals surface area contributed by atoms with Gasteiger partial charge >= 0.3 is 5.97 Å². The van der Waals surface area contributed by atoms with E-state index in [1.54, 1.807) is 13.0 Å². The average Bonchev–Trinajstić information content (AvgIpc) is 2.53. The third kappa shape index (κ3) is 2.93. The number of esters is 1. The van der Waals surface area contributed by atoms with E-state index in [1.165, 1.54) is 0 Å². The summed E-state index contributed by atoms with van der Waals surface area (Å²) in [5.74, 6) is 0.0801. The van der Waals surface area contributed by atoms with E-state index in [2.05, 4.69) is 0 Å². The predicted molar refractivity (Wildman–Crippen MR) is 84.4 cm³/mol. The largest absolute Gasteiger partial charge is 0.493 e. The van der Waals surface area contributed by atoms with E-state index < -0.39 is 16.0 Å². The molecule has 6 nitrogen and oxygen atoms in total. The number of para-hydroxylation sites is 1. The van der Waals surface area contributed by atoms with E-state index in [9.17, 15) is 13.2 Å². The number of carbonyl (C=O) groups is 1. The van der Waals surface area contributed by atoms with Gasteiger partial charge in [0.15, 0.2) is 0 Å². The summed E-state index contributed by atoms with van der Waals surface area (Å²) in [5, 5.41) is 0. The molecule has 7 heteroatoms. The first-order chi connectivity index (χ1) is 10.9. The van der Waals surface area contributed by atoms with Crippen molar-refractivity contribution in [2.45, 2.75) is 12.8 Å². The zero-order valence-corrected chi connectivity index (χ0v) is 13.9. The molecule has 0 unspecified atom stereocenters. The van der Waals surface area contributed by atoms with Gasteiger partial charge in [-0.2, -0.15) is 0 Å². The maximum absolute atomic E-state index is 12.2. The first-order valence-electron chi connectivity index (χ1n) is 7.50. The van der Waals surface area contributed by atoms with Crippen molar-refractivity contribution in [3.05, 3.63) is 41.6 Å². The van der Waals surface area contributed by atoms with Gasteiger partial charge in [0.05, 0.1) is 19.5 Å². The van der Waals surface area contributed by atoms with Crippen LogP contribution in [0.15, 0.2) is 36.0 Å². The lowest BCUT2D eigenvalue weighted by atomic mass is 9.81. The highest BCUT2D eigenvalue weighted by Crippen LogP contribution is 2.42. The highest BCUT2D eigenvalue weighted by molar-refractivity contribution is 7.88. The van der Waals surface area contributed by atoms with Gasteiger partial charge in [-0.25, -0.2) is 13.2 Å². The number of sulfonamides is 1. The molecule has 0 aromatic heterocycles. The Bertz CT molecular complexity index is 755. The van der Waals surface area contributed by atoms with E-state index in [-0.39, 0.29) is 30.7 Å². The summed E-state index contributed by atoms with van der Waals surface area (Å²) in [7, 11) is -3.56. The van der Waals surface area contributed by atoms with Gasteiger partial charge in [-0.15, -0.1) is 0 Å². The van der Waals surface area contributed by atoms with E-state index >= 15 is 0 Å². The van der Waals surface area contributed by atoms with E-state index in [1.807, 2.05) is 24.3 Å². The summed E-state index contributed by atoms with van der Waals surface area (Å²) in [6.45, 7) is 2.52. The van der Waals surface area contributed by atoms with Crippen LogP contribution < -0.4 is 4.74 Å². The Balaban J connectivity index is 2.07. The van der Waals surface area contributed by atoms with Crippen LogP contribution in [0.25, 0.3) is 0 Å². The van der Waals surface area contributed by atoms with Crippen LogP contribution in [0.1, 0.15) is 18.4 Å². The third-order valence-electron chi connectivity index (χ3n) is 4.13. The fraction of sp³-hybridized carbons (Fsp3) is 0.438. The standard InChI is InChI=1S/C16H19NO5S/c1-3-21-16(18)14-8-13-11(9-17(14)23(2,19)20)10-22-15-7-5-4-6-12(13)15/h4-8,11,13H,3,9-10H2,1-2H3/t11-,13-/m1/s1. The van der Waals surface area contributed by atoms with Gasteiger partial charge in [0.2, 0.25) is 10.0 Å². The van der Waals surface area contributed by atoms with Crippen LogP contribution in [-0.4, -0.2) is 44.7 Å². The van der Waals surface area contributed by atoms with Crippen molar-refractivity contribution in [3.63, 3.8) is 0 Å². The Morgan fingerprint density at radius 1 is 1.39 bits per heavy atom. The molecule has 2 atom stereocenters. The second kappa shape index (κ2) is 5.88. The molecule has 0 N–H and O–H groups in total. The second-order valence-corrected chi connectivity index (χ2v) is 7.61. The minimum Gasteiger partial charge on any atom is -0.493 e. The SMILES string of the molecule is CCOC(=O)C1=C[C@H]2c3ccccc3OC[C@H]2CN1S(C)(=O)=O. The summed E-state index contributed by atoms with van der Waals surface area (Å²) in [6.07, 6.45) is 2.80. The second-order valence-electron chi connectivity index (χ2n) is 5.70. The smallest absolute Gasteiger partial charge is 0.355 e. The van der Waals surface area contributed by atoms with Crippen molar-refractivity contribution < 1.29 is 22.7 Å². The lowest BCUT2D eigenvalue weighted by Crippen LogP contribution is -2.45. The molecule has 1 aromatic rings. The van der Waals surface area contributed by atoms with Crippen molar-refractivity contribution >= 4 is 16.0 Å². The maximum Gasteiger partial charge on any atom is 0.355 e. The summed E-state index contributed by atoms with van der Waals surface area (Å²) in [4.78, 5) is 12.2. The molecule has 2 aliphatic heterocycles. The van der Waals surface area contributed by atoms with E-state index in [0.717, 1.165) is 21.9 Å². The first-order valence-corrected chi connectivity index (χ1v) is 9.35. The van der Waals surface area contributed by atoms with Crippen molar-refractivity contribution in [2.24, 2.45) is 5.92 Å². The van der Waals surface area contributed by atoms with Gasteiger partial charge in [0.1, 0.15) is 11.4 Å². The minimum atomic E-state index is -3.56. The fourth-order valence-electron chi connectivity index (χ4n) is 3.09. The Labute approximate surface area is 135 Å². The average molecular weight is 337 g/mol. The lowest BCUT2D eigenvalue weighted by molar-refractivity contribution is -0.140. The molecule has 0 saturated heterocycles. The normalized spacial score (nSPS) is 23.2. The Kier molecular flexibility index (Phi) is 4.06. The zero-order chi connectivity index (χ0) is 16.6. The Hall–Kier alpha value is -2.02. The number of hydrogen-bond acceptors (Lipinski definition) is 5. The molecule has 2 aliphatic rings. The molecule has 0 aliphatic carbocycles. The molecule has 2 heterocycles. The highest BCUT2D eigenvalue weighted by atomic mass is 32.2. The monoisotopic (exact) mass is 337 g/mol. The molecular weight excluding hydrogens is 318 g/mol. The van der Waals surface area contributed by atoms with Crippen LogP contribution >= 0.6 is 0 Å². The molecule has 1 aromatic carbocycles. The minimum absolute atomic E-state index is 0.0298. The van der Waals surface area contributed by atoms with Crippen LogP contribution in [0.2, 0.25) is 0 Å². The van der Waals surface area contributed by atoms with Crippen LogP contribution in [0.5, 0.6) is 5.75 Å². The van der Waals surface area contributed by atoms with Gasteiger partial charge in [-0.3, -0.25) is 4.31 Å². The molecule has 124 valence electrons. The summed E-state index contributed by atoms with van der Waals surface area (Å²) in [5.41, 5.74) is 1.06. The molecule has 0 radical (unpaired) electrons. The van der Waals surface area contributed by atoms with Crippen LogP contribution in [-0.2, 0) is 19.6 Å². The number of carbonyl (C=O) groups excluding carboxylic acids is 1. The van der Waals surface area contributed by atoms with Crippen molar-refractivity contribution in [1.82, 2.24) is 4.31 Å². The van der Waals surface area contributed by atoms with Gasteiger partial charge in [0, 0.05) is 23.9 Å². The Morgan fingerprint density at radius 2 is 2.13 bits per heavy atom. The molecule has 0 spiro atoms. The first kappa shape index (κ1) is 15.9. The van der Waals surface area contributed by atoms with Crippen molar-refractivity contribution in [3.8, 4) is 5.75 Å². The van der Waals surface area contributed by atoms with E-state index in [0.29, 0.717) is 6.61 Å². The van der Waals surface area contributed by atoms with Crippen molar-refractivity contribution in [2.75, 3.05) is 26.0 Å². The molecule has 0 amide bonds. The number of ether oxygens (including phenoxy) is 2. The number of benzene rings is 1. The number of rotatable bonds is 3. The predicted octanol–water partition coefficient (Wildman–Crippen LogP) is 1.50. The lowest BCUT2D eigenvalue weighted by Gasteiger charge is -2.39. The van der Waals surface area contributed by atoms with Crippen LogP contribution in [0.4, 0.5) is 0 Å². The number of fused-ring (bicyclic) bond motifs is 3. The number of hydrogen-bond donors (Lipinski definition) is 0. The van der Waals surface area contributed by atoms with Gasteiger partial charge < -0.3 is 9.47 Å². The summed E-state index contributed by atoms with van der Waals surface area (Å²) < 4.78 is 36.0. The molecule has 0 saturated carbocycles. The molecule has 0 bridgehead atoms. The van der Waals surface area contributed by atoms with E-state index in [4.69, 9.17) is 9.47 Å². The highest BCUT2D eigenvalue weighted by Gasteiger charge is 2.40. The number of allylic oxidation sites excluding steroid dienone is 1. The van der Waals surface area contributed by atoms with Gasteiger partial charge in [-0.1, -0.05) is 18.2 Å². The number of nitrogens with zero attached hydrogens (tertiary/aromatic N) is 1. The molecule has 3 rings (SSSR count). The van der Waals surface area contributed by atoms with Gasteiger partial charge in [0.25, 0.3) is 0 Å². The Morgan fingerprint density at radius 3 is 2.83 bits per heavy atom. The van der Waals surface area contributed by atoms with Gasteiger partial charge in [-0.05, 0) is 19.1 Å². The molecule has 23 heavy (non-hydrogen) atoms. The quantitative estimate of drug-likeness (QED) is 0.782. The maximum atomic E-state index is 12.2. The summed E-state index contributed by atoms with van der Waals surface area (Å²) in [6, 6.07) is 7.63. The molecular formula is C16H19NO5S. The van der Waals surface area contributed by atoms with Crippen LogP contribution in [0, 0.1) is 5.92 Å². The summed E-state index contributed by atoms with van der Waals surface area (Å²) >= 11 is 0. The molecule has 0 fully saturated rings. The van der Waals surface area contributed by atoms with Crippen LogP contribution in [0.3, 0.4) is 0 Å². The zero-order valence-electron chi connectivity index (χ0n) is 13.1. The van der Waals surface area contributed by atoms with Crippen molar-refractivity contribution in [1.29, 1.82) is 0 Å².